The van der Waals surface area contributed by atoms with Gasteiger partial charge in [-0.2, -0.15) is 4.98 Å². The first-order valence-electron chi connectivity index (χ1n) is 12.4. The Balaban J connectivity index is 1.57. The molecule has 3 atom stereocenters. The molecule has 1 saturated carbocycles. The third kappa shape index (κ3) is 3.87. The van der Waals surface area contributed by atoms with Crippen LogP contribution in [0.2, 0.25) is 0 Å². The Morgan fingerprint density at radius 1 is 1.29 bits per heavy atom. The summed E-state index contributed by atoms with van der Waals surface area (Å²) in [6.45, 7) is 6.27. The zero-order valence-corrected chi connectivity index (χ0v) is 21.3. The molecule has 0 spiro atoms. The number of aromatic nitrogens is 4. The van der Waals surface area contributed by atoms with Crippen molar-refractivity contribution in [2.75, 3.05) is 37.5 Å². The minimum absolute atomic E-state index is 0.176. The molecule has 3 aliphatic rings. The quantitative estimate of drug-likeness (QED) is 0.571. The smallest absolute Gasteiger partial charge is 0.215 e. The van der Waals surface area contributed by atoms with Gasteiger partial charge in [0.05, 0.1) is 52.6 Å². The molecular weight excluding hydrogens is 464 g/mol. The summed E-state index contributed by atoms with van der Waals surface area (Å²) in [5.41, 5.74) is 2.36. The molecule has 2 aliphatic heterocycles. The fourth-order valence-corrected chi connectivity index (χ4v) is 8.13. The van der Waals surface area contributed by atoms with Crippen molar-refractivity contribution in [2.24, 2.45) is 4.36 Å². The first kappa shape index (κ1) is 22.7. The lowest BCUT2D eigenvalue weighted by atomic mass is 10.0. The van der Waals surface area contributed by atoms with Crippen molar-refractivity contribution < 1.29 is 13.7 Å². The van der Waals surface area contributed by atoms with Crippen LogP contribution in [0.4, 0.5) is 5.82 Å². The van der Waals surface area contributed by atoms with E-state index in [1.165, 1.54) is 0 Å². The van der Waals surface area contributed by atoms with E-state index in [2.05, 4.69) is 28.7 Å². The predicted molar refractivity (Wildman–Crippen MR) is 136 cm³/mol. The Kier molecular flexibility index (Phi) is 5.48. The zero-order chi connectivity index (χ0) is 24.2. The van der Waals surface area contributed by atoms with E-state index in [9.17, 15) is 4.21 Å². The number of H-pyrrole nitrogens is 1. The molecule has 6 rings (SSSR count). The van der Waals surface area contributed by atoms with Crippen LogP contribution >= 0.6 is 0 Å². The highest BCUT2D eigenvalue weighted by molar-refractivity contribution is 7.94. The number of morpholine rings is 1. The Hall–Kier alpha value is -2.72. The topological polar surface area (TPSA) is 106 Å². The molecule has 3 aromatic rings. The first-order valence-corrected chi connectivity index (χ1v) is 14.1. The third-order valence-electron chi connectivity index (χ3n) is 7.52. The number of fused-ring (bicyclic) bond motifs is 1. The van der Waals surface area contributed by atoms with Crippen molar-refractivity contribution >= 4 is 26.6 Å². The lowest BCUT2D eigenvalue weighted by Crippen LogP contribution is -2.44. The molecule has 5 heterocycles. The molecule has 3 aromatic heterocycles. The Labute approximate surface area is 205 Å². The van der Waals surface area contributed by atoms with Crippen LogP contribution in [0.3, 0.4) is 0 Å². The molecule has 1 aliphatic carbocycles. The highest BCUT2D eigenvalue weighted by atomic mass is 32.2. The minimum atomic E-state index is -2.44. The van der Waals surface area contributed by atoms with Crippen molar-refractivity contribution in [2.45, 2.75) is 56.4 Å². The van der Waals surface area contributed by atoms with Gasteiger partial charge in [-0.25, -0.2) is 18.5 Å². The number of rotatable bonds is 5. The molecule has 186 valence electrons. The Morgan fingerprint density at radius 3 is 2.91 bits per heavy atom. The second kappa shape index (κ2) is 8.44. The molecule has 3 fully saturated rings. The number of hydrogen-bond donors (Lipinski definition) is 1. The summed E-state index contributed by atoms with van der Waals surface area (Å²) in [4.78, 5) is 20.1. The Bertz CT molecular complexity index is 1390. The van der Waals surface area contributed by atoms with Crippen molar-refractivity contribution in [3.63, 3.8) is 0 Å². The van der Waals surface area contributed by atoms with Gasteiger partial charge in [0.25, 0.3) is 0 Å². The molecule has 1 unspecified atom stereocenters. The normalized spacial score (nSPS) is 29.0. The second-order valence-electron chi connectivity index (χ2n) is 10.0. The largest absolute Gasteiger partial charge is 0.481 e. The summed E-state index contributed by atoms with van der Waals surface area (Å²) in [5, 5.41) is 0.920. The molecule has 0 radical (unpaired) electrons. The van der Waals surface area contributed by atoms with Gasteiger partial charge in [-0.1, -0.05) is 0 Å². The highest BCUT2D eigenvalue weighted by Gasteiger charge is 2.46. The van der Waals surface area contributed by atoms with E-state index >= 15 is 0 Å². The number of nitrogens with one attached hydrogen (secondary N) is 1. The van der Waals surface area contributed by atoms with Crippen molar-refractivity contribution in [3.8, 4) is 17.3 Å². The van der Waals surface area contributed by atoms with Crippen LogP contribution in [0.25, 0.3) is 22.4 Å². The molecule has 35 heavy (non-hydrogen) atoms. The molecule has 9 nitrogen and oxygen atoms in total. The van der Waals surface area contributed by atoms with Crippen molar-refractivity contribution in [1.29, 1.82) is 0 Å². The van der Waals surface area contributed by atoms with E-state index in [1.807, 2.05) is 24.4 Å². The molecule has 0 amide bonds. The van der Waals surface area contributed by atoms with E-state index in [4.69, 9.17) is 23.8 Å². The average Bonchev–Trinajstić information content (AvgIpc) is 3.44. The number of aromatic amines is 1. The van der Waals surface area contributed by atoms with Crippen LogP contribution in [-0.4, -0.2) is 68.8 Å². The molecule has 1 N–H and O–H groups in total. The maximum Gasteiger partial charge on any atom is 0.215 e. The SMILES string of the molecule is COc1cc(-c2nc(N3CCOC[C@H]3C)cc([C@@]3(C)CCCS3(=O)=NC3CC3)n2)c2cc[nH]c2n1. The maximum absolute atomic E-state index is 14.3. The third-order valence-corrected chi connectivity index (χ3v) is 10.8. The number of hydrogen-bond acceptors (Lipinski definition) is 8. The van der Waals surface area contributed by atoms with E-state index in [1.54, 1.807) is 7.11 Å². The average molecular weight is 497 g/mol. The van der Waals surface area contributed by atoms with Gasteiger partial charge < -0.3 is 19.4 Å². The summed E-state index contributed by atoms with van der Waals surface area (Å²) in [6, 6.07) is 6.32. The van der Waals surface area contributed by atoms with Crippen LogP contribution in [-0.2, 0) is 19.2 Å². The summed E-state index contributed by atoms with van der Waals surface area (Å²) in [7, 11) is -0.836. The predicted octanol–water partition coefficient (Wildman–Crippen LogP) is 3.89. The van der Waals surface area contributed by atoms with E-state index in [0.29, 0.717) is 36.3 Å². The Morgan fingerprint density at radius 2 is 2.14 bits per heavy atom. The van der Waals surface area contributed by atoms with Gasteiger partial charge in [0.15, 0.2) is 5.82 Å². The maximum atomic E-state index is 14.3. The fourth-order valence-electron chi connectivity index (χ4n) is 5.22. The van der Waals surface area contributed by atoms with Gasteiger partial charge in [-0.15, -0.1) is 0 Å². The first-order chi connectivity index (χ1) is 16.9. The van der Waals surface area contributed by atoms with Crippen LogP contribution in [0.15, 0.2) is 28.8 Å². The van der Waals surface area contributed by atoms with E-state index in [-0.39, 0.29) is 12.1 Å². The lowest BCUT2D eigenvalue weighted by Gasteiger charge is -2.35. The van der Waals surface area contributed by atoms with Gasteiger partial charge in [-0.05, 0) is 45.6 Å². The summed E-state index contributed by atoms with van der Waals surface area (Å²) in [6.07, 6.45) is 5.63. The molecule has 0 bridgehead atoms. The van der Waals surface area contributed by atoms with Crippen LogP contribution in [0.5, 0.6) is 5.88 Å². The monoisotopic (exact) mass is 496 g/mol. The highest BCUT2D eigenvalue weighted by Crippen LogP contribution is 2.45. The number of ether oxygens (including phenoxy) is 2. The van der Waals surface area contributed by atoms with Gasteiger partial charge in [0.2, 0.25) is 5.88 Å². The van der Waals surface area contributed by atoms with Gasteiger partial charge in [0.1, 0.15) is 11.5 Å². The number of nitrogens with zero attached hydrogens (tertiary/aromatic N) is 5. The number of pyridine rings is 1. The van der Waals surface area contributed by atoms with Gasteiger partial charge in [-0.3, -0.25) is 0 Å². The summed E-state index contributed by atoms with van der Waals surface area (Å²) in [5.74, 6) is 2.54. The van der Waals surface area contributed by atoms with E-state index < -0.39 is 14.5 Å². The van der Waals surface area contributed by atoms with Crippen LogP contribution < -0.4 is 9.64 Å². The van der Waals surface area contributed by atoms with E-state index in [0.717, 1.165) is 54.7 Å². The number of anilines is 1. The van der Waals surface area contributed by atoms with Crippen molar-refractivity contribution in [1.82, 2.24) is 19.9 Å². The number of methoxy groups -OCH3 is 1. The second-order valence-corrected chi connectivity index (χ2v) is 12.8. The molecule has 0 aromatic carbocycles. The van der Waals surface area contributed by atoms with Gasteiger partial charge in [0, 0.05) is 41.6 Å². The molecular formula is C25H32N6O3S. The van der Waals surface area contributed by atoms with Crippen LogP contribution in [0.1, 0.15) is 45.2 Å². The van der Waals surface area contributed by atoms with Crippen LogP contribution in [0, 0.1) is 0 Å². The fraction of sp³-hybridized carbons (Fsp3) is 0.560. The minimum Gasteiger partial charge on any atom is -0.481 e. The molecule has 10 heteroatoms. The standard InChI is InChI=1S/C25H32N6O3S/c1-16-15-34-11-10-31(16)21-14-20(25(2)8-4-12-35(25,32)30-17-5-6-17)27-24(28-21)19-13-22(33-3)29-23-18(19)7-9-26-23/h7,9,13-14,16-17H,4-6,8,10-12,15H2,1-3H3,(H,26,29)/t16-,25-,35?/m1/s1. The molecule has 2 saturated heterocycles. The summed E-state index contributed by atoms with van der Waals surface area (Å²) < 4.78 is 29.7. The van der Waals surface area contributed by atoms with Gasteiger partial charge >= 0.3 is 0 Å². The van der Waals surface area contributed by atoms with Crippen molar-refractivity contribution in [3.05, 3.63) is 30.1 Å². The lowest BCUT2D eigenvalue weighted by molar-refractivity contribution is 0.0985. The summed E-state index contributed by atoms with van der Waals surface area (Å²) >= 11 is 0. The zero-order valence-electron chi connectivity index (χ0n) is 20.5.